The predicted molar refractivity (Wildman–Crippen MR) is 115 cm³/mol. The van der Waals surface area contributed by atoms with Gasteiger partial charge < -0.3 is 9.47 Å². The Labute approximate surface area is 179 Å². The maximum atomic E-state index is 13.3. The van der Waals surface area contributed by atoms with Gasteiger partial charge >= 0.3 is 0 Å². The SMILES string of the molecule is COc1ccc(C2=NN3[C@H](C2)c2ccccc2O[C@H]3C(=O)c2ccc(Cl)cc2)cc1. The molecule has 2 aliphatic heterocycles. The number of ketones is 1. The number of rotatable bonds is 4. The van der Waals surface area contributed by atoms with Crippen molar-refractivity contribution in [2.45, 2.75) is 18.7 Å². The zero-order valence-electron chi connectivity index (χ0n) is 16.3. The number of carbonyl (C=O) groups is 1. The molecule has 2 aliphatic rings. The van der Waals surface area contributed by atoms with E-state index in [1.807, 2.05) is 48.5 Å². The lowest BCUT2D eigenvalue weighted by Crippen LogP contribution is -2.45. The third-order valence-corrected chi connectivity index (χ3v) is 5.73. The monoisotopic (exact) mass is 418 g/mol. The molecule has 0 saturated carbocycles. The lowest BCUT2D eigenvalue weighted by atomic mass is 9.96. The normalized spacial score (nSPS) is 19.4. The molecule has 0 radical (unpaired) electrons. The summed E-state index contributed by atoms with van der Waals surface area (Å²) in [6, 6.07) is 22.4. The lowest BCUT2D eigenvalue weighted by molar-refractivity contribution is -0.00455. The minimum Gasteiger partial charge on any atom is -0.497 e. The van der Waals surface area contributed by atoms with E-state index in [-0.39, 0.29) is 11.8 Å². The smallest absolute Gasteiger partial charge is 0.251 e. The molecule has 0 bridgehead atoms. The van der Waals surface area contributed by atoms with Gasteiger partial charge in [0.15, 0.2) is 0 Å². The highest BCUT2D eigenvalue weighted by Crippen LogP contribution is 2.43. The van der Waals surface area contributed by atoms with Crippen LogP contribution in [0.5, 0.6) is 11.5 Å². The fourth-order valence-corrected chi connectivity index (χ4v) is 4.05. The van der Waals surface area contributed by atoms with Crippen LogP contribution in [0.1, 0.15) is 33.9 Å². The molecular formula is C24H19ClN2O3. The van der Waals surface area contributed by atoms with Crippen LogP contribution >= 0.6 is 11.6 Å². The number of hydrogen-bond acceptors (Lipinski definition) is 5. The summed E-state index contributed by atoms with van der Waals surface area (Å²) < 4.78 is 11.4. The molecule has 0 aromatic heterocycles. The Balaban J connectivity index is 1.53. The molecule has 0 amide bonds. The molecule has 3 aromatic rings. The summed E-state index contributed by atoms with van der Waals surface area (Å²) in [5, 5.41) is 7.19. The summed E-state index contributed by atoms with van der Waals surface area (Å²) in [5.41, 5.74) is 3.48. The summed E-state index contributed by atoms with van der Waals surface area (Å²) in [7, 11) is 1.64. The highest BCUT2D eigenvalue weighted by molar-refractivity contribution is 6.30. The van der Waals surface area contributed by atoms with Gasteiger partial charge in [0.2, 0.25) is 5.78 Å². The van der Waals surface area contributed by atoms with Gasteiger partial charge in [-0.1, -0.05) is 29.8 Å². The van der Waals surface area contributed by atoms with E-state index in [4.69, 9.17) is 26.2 Å². The van der Waals surface area contributed by atoms with Crippen molar-refractivity contribution < 1.29 is 14.3 Å². The van der Waals surface area contributed by atoms with Gasteiger partial charge in [0.25, 0.3) is 6.23 Å². The van der Waals surface area contributed by atoms with Gasteiger partial charge in [-0.2, -0.15) is 5.10 Å². The second-order valence-corrected chi connectivity index (χ2v) is 7.69. The molecule has 0 spiro atoms. The standard InChI is InChI=1S/C24H19ClN2O3/c1-29-18-12-8-15(9-13-18)20-14-21-19-4-2-3-5-22(19)30-24(27(21)26-20)23(28)16-6-10-17(25)11-7-16/h2-13,21,24H,14H2,1H3/t21-,24+/m1/s1. The summed E-state index contributed by atoms with van der Waals surface area (Å²) in [6.45, 7) is 0. The zero-order valence-corrected chi connectivity index (χ0v) is 17.0. The van der Waals surface area contributed by atoms with Crippen molar-refractivity contribution in [2.24, 2.45) is 5.10 Å². The molecule has 2 heterocycles. The quantitative estimate of drug-likeness (QED) is 0.553. The Morgan fingerprint density at radius 3 is 2.53 bits per heavy atom. The van der Waals surface area contributed by atoms with Gasteiger partial charge in [-0.05, 0) is 60.2 Å². The number of hydrazone groups is 1. The van der Waals surface area contributed by atoms with Crippen molar-refractivity contribution in [3.05, 3.63) is 94.5 Å². The third-order valence-electron chi connectivity index (χ3n) is 5.48. The number of Topliss-reactive ketones (excluding diaryl/α,β-unsaturated/α-hetero) is 1. The first-order valence-electron chi connectivity index (χ1n) is 9.69. The number of carbonyl (C=O) groups excluding carboxylic acids is 1. The van der Waals surface area contributed by atoms with Crippen molar-refractivity contribution in [3.63, 3.8) is 0 Å². The molecule has 5 rings (SSSR count). The van der Waals surface area contributed by atoms with Gasteiger partial charge in [-0.3, -0.25) is 4.79 Å². The first-order valence-corrected chi connectivity index (χ1v) is 10.1. The van der Waals surface area contributed by atoms with Crippen molar-refractivity contribution in [3.8, 4) is 11.5 Å². The first-order chi connectivity index (χ1) is 14.6. The minimum atomic E-state index is -0.832. The number of fused-ring (bicyclic) bond motifs is 3. The molecule has 0 fully saturated rings. The molecule has 150 valence electrons. The zero-order chi connectivity index (χ0) is 20.7. The molecule has 2 atom stereocenters. The molecule has 0 N–H and O–H groups in total. The number of para-hydroxylation sites is 1. The lowest BCUT2D eigenvalue weighted by Gasteiger charge is -2.37. The molecule has 3 aromatic carbocycles. The topological polar surface area (TPSA) is 51.1 Å². The van der Waals surface area contributed by atoms with E-state index in [0.29, 0.717) is 17.0 Å². The van der Waals surface area contributed by atoms with Crippen LogP contribution in [0.4, 0.5) is 0 Å². The minimum absolute atomic E-state index is 0.0618. The van der Waals surface area contributed by atoms with E-state index in [2.05, 4.69) is 0 Å². The van der Waals surface area contributed by atoms with E-state index in [0.717, 1.165) is 28.3 Å². The Morgan fingerprint density at radius 2 is 1.80 bits per heavy atom. The summed E-state index contributed by atoms with van der Waals surface area (Å²) >= 11 is 5.98. The van der Waals surface area contributed by atoms with Gasteiger partial charge in [-0.15, -0.1) is 0 Å². The molecule has 0 aliphatic carbocycles. The summed E-state index contributed by atoms with van der Waals surface area (Å²) in [4.78, 5) is 13.3. The van der Waals surface area contributed by atoms with Crippen LogP contribution in [0.3, 0.4) is 0 Å². The maximum Gasteiger partial charge on any atom is 0.251 e. The summed E-state index contributed by atoms with van der Waals surface area (Å²) in [6.07, 6.45) is -0.140. The second-order valence-electron chi connectivity index (χ2n) is 7.25. The largest absolute Gasteiger partial charge is 0.497 e. The molecule has 5 nitrogen and oxygen atoms in total. The van der Waals surface area contributed by atoms with Crippen LogP contribution < -0.4 is 9.47 Å². The highest BCUT2D eigenvalue weighted by atomic mass is 35.5. The molecular weight excluding hydrogens is 400 g/mol. The van der Waals surface area contributed by atoms with Crippen LogP contribution in [0, 0.1) is 0 Å². The highest BCUT2D eigenvalue weighted by Gasteiger charge is 2.43. The van der Waals surface area contributed by atoms with Gasteiger partial charge in [0.05, 0.1) is 18.9 Å². The Bertz CT molecular complexity index is 1130. The van der Waals surface area contributed by atoms with Crippen LogP contribution in [0.2, 0.25) is 5.02 Å². The van der Waals surface area contributed by atoms with Crippen molar-refractivity contribution >= 4 is 23.1 Å². The van der Waals surface area contributed by atoms with Gasteiger partial charge in [0.1, 0.15) is 11.5 Å². The molecule has 30 heavy (non-hydrogen) atoms. The first kappa shape index (κ1) is 18.7. The second kappa shape index (κ2) is 7.50. The number of methoxy groups -OCH3 is 1. The predicted octanol–water partition coefficient (Wildman–Crippen LogP) is 5.10. The van der Waals surface area contributed by atoms with E-state index >= 15 is 0 Å². The average Bonchev–Trinajstić information content (AvgIpc) is 3.24. The van der Waals surface area contributed by atoms with E-state index in [1.165, 1.54) is 0 Å². The number of hydrogen-bond donors (Lipinski definition) is 0. The van der Waals surface area contributed by atoms with Crippen molar-refractivity contribution in [1.29, 1.82) is 0 Å². The van der Waals surface area contributed by atoms with Crippen LogP contribution in [-0.4, -0.2) is 29.8 Å². The fraction of sp³-hybridized carbons (Fsp3) is 0.167. The van der Waals surface area contributed by atoms with Gasteiger partial charge in [0, 0.05) is 22.6 Å². The molecule has 0 saturated heterocycles. The average molecular weight is 419 g/mol. The fourth-order valence-electron chi connectivity index (χ4n) is 3.92. The molecule has 0 unspecified atom stereocenters. The number of halogens is 1. The number of ether oxygens (including phenoxy) is 2. The van der Waals surface area contributed by atoms with Crippen molar-refractivity contribution in [1.82, 2.24) is 5.01 Å². The Morgan fingerprint density at radius 1 is 1.07 bits per heavy atom. The van der Waals surface area contributed by atoms with E-state index in [1.54, 1.807) is 36.4 Å². The summed E-state index contributed by atoms with van der Waals surface area (Å²) in [5.74, 6) is 1.36. The van der Waals surface area contributed by atoms with Crippen LogP contribution in [-0.2, 0) is 0 Å². The number of benzene rings is 3. The van der Waals surface area contributed by atoms with Gasteiger partial charge in [-0.25, -0.2) is 5.01 Å². The van der Waals surface area contributed by atoms with E-state index < -0.39 is 6.23 Å². The van der Waals surface area contributed by atoms with E-state index in [9.17, 15) is 4.79 Å². The number of nitrogens with zero attached hydrogens (tertiary/aromatic N) is 2. The van der Waals surface area contributed by atoms with Crippen LogP contribution in [0.25, 0.3) is 0 Å². The Kier molecular flexibility index (Phi) is 4.68. The maximum absolute atomic E-state index is 13.3. The van der Waals surface area contributed by atoms with Crippen molar-refractivity contribution in [2.75, 3.05) is 7.11 Å². The Hall–Kier alpha value is -3.31. The van der Waals surface area contributed by atoms with Crippen LogP contribution in [0.15, 0.2) is 77.9 Å². The third kappa shape index (κ3) is 3.21. The molecule has 6 heteroatoms.